The molecule has 5 heteroatoms. The average Bonchev–Trinajstić information content (AvgIpc) is 2.67. The monoisotopic (exact) mass is 231 g/mol. The van der Waals surface area contributed by atoms with Gasteiger partial charge in [-0.15, -0.1) is 0 Å². The molecule has 88 valence electrons. The highest BCUT2D eigenvalue weighted by molar-refractivity contribution is 5.99. The molecule has 0 atom stereocenters. The number of amides is 2. The quantitative estimate of drug-likeness (QED) is 0.835. The summed E-state index contributed by atoms with van der Waals surface area (Å²) >= 11 is 0. The van der Waals surface area contributed by atoms with Crippen molar-refractivity contribution >= 4 is 17.5 Å². The van der Waals surface area contributed by atoms with Crippen LogP contribution in [-0.4, -0.2) is 11.2 Å². The van der Waals surface area contributed by atoms with Crippen molar-refractivity contribution < 1.29 is 9.32 Å². The lowest BCUT2D eigenvalue weighted by molar-refractivity contribution is 0.262. The predicted molar refractivity (Wildman–Crippen MR) is 65.1 cm³/mol. The summed E-state index contributed by atoms with van der Waals surface area (Å²) in [7, 11) is 0. The summed E-state index contributed by atoms with van der Waals surface area (Å²) in [5, 5.41) is 8.99. The molecule has 0 saturated carbocycles. The van der Waals surface area contributed by atoms with Crippen LogP contribution in [0.4, 0.5) is 16.3 Å². The van der Waals surface area contributed by atoms with Crippen LogP contribution in [0.1, 0.15) is 11.3 Å². The van der Waals surface area contributed by atoms with Gasteiger partial charge in [0, 0.05) is 11.8 Å². The zero-order valence-electron chi connectivity index (χ0n) is 9.65. The van der Waals surface area contributed by atoms with Gasteiger partial charge in [-0.3, -0.25) is 5.32 Å². The standard InChI is InChI=1S/C12H13N3O2/c1-8-5-3-4-6-10(8)13-12(16)14-11-7-9(2)17-15-11/h3-7H,1-2H3,(H2,13,14,15,16). The maximum Gasteiger partial charge on any atom is 0.324 e. The Morgan fingerprint density at radius 2 is 2.00 bits per heavy atom. The summed E-state index contributed by atoms with van der Waals surface area (Å²) in [6.07, 6.45) is 0. The van der Waals surface area contributed by atoms with Gasteiger partial charge in [-0.05, 0) is 25.5 Å². The maximum atomic E-state index is 11.6. The van der Waals surface area contributed by atoms with Gasteiger partial charge in [0.1, 0.15) is 5.76 Å². The Kier molecular flexibility index (Phi) is 3.09. The third-order valence-electron chi connectivity index (χ3n) is 2.26. The Balaban J connectivity index is 2.01. The molecule has 2 amide bonds. The summed E-state index contributed by atoms with van der Waals surface area (Å²) in [4.78, 5) is 11.6. The Bertz CT molecular complexity index is 534. The van der Waals surface area contributed by atoms with E-state index >= 15 is 0 Å². The van der Waals surface area contributed by atoms with Gasteiger partial charge in [0.15, 0.2) is 5.82 Å². The van der Waals surface area contributed by atoms with Crippen molar-refractivity contribution in [2.24, 2.45) is 0 Å². The Morgan fingerprint density at radius 3 is 2.65 bits per heavy atom. The van der Waals surface area contributed by atoms with Crippen LogP contribution >= 0.6 is 0 Å². The molecule has 1 heterocycles. The van der Waals surface area contributed by atoms with Gasteiger partial charge in [0.25, 0.3) is 0 Å². The summed E-state index contributed by atoms with van der Waals surface area (Å²) < 4.78 is 4.85. The average molecular weight is 231 g/mol. The van der Waals surface area contributed by atoms with Crippen molar-refractivity contribution in [1.82, 2.24) is 5.16 Å². The van der Waals surface area contributed by atoms with Crippen molar-refractivity contribution in [3.05, 3.63) is 41.7 Å². The van der Waals surface area contributed by atoms with Crippen LogP contribution in [0.25, 0.3) is 0 Å². The van der Waals surface area contributed by atoms with Crippen molar-refractivity contribution in [3.63, 3.8) is 0 Å². The SMILES string of the molecule is Cc1cc(NC(=O)Nc2ccccc2C)no1. The first kappa shape index (κ1) is 11.2. The van der Waals surface area contributed by atoms with Crippen molar-refractivity contribution in [1.29, 1.82) is 0 Å². The first-order chi connectivity index (χ1) is 8.15. The molecule has 0 spiro atoms. The molecule has 2 N–H and O–H groups in total. The third kappa shape index (κ3) is 2.84. The van der Waals surface area contributed by atoms with Gasteiger partial charge >= 0.3 is 6.03 Å². The lowest BCUT2D eigenvalue weighted by Crippen LogP contribution is -2.20. The molecule has 0 fully saturated rings. The Morgan fingerprint density at radius 1 is 1.24 bits per heavy atom. The van der Waals surface area contributed by atoms with E-state index in [9.17, 15) is 4.79 Å². The van der Waals surface area contributed by atoms with E-state index in [2.05, 4.69) is 15.8 Å². The van der Waals surface area contributed by atoms with Gasteiger partial charge in [0.05, 0.1) is 0 Å². The Hall–Kier alpha value is -2.30. The number of anilines is 2. The van der Waals surface area contributed by atoms with Crippen molar-refractivity contribution in [2.75, 3.05) is 10.6 Å². The fraction of sp³-hybridized carbons (Fsp3) is 0.167. The fourth-order valence-electron chi connectivity index (χ4n) is 1.41. The Labute approximate surface area is 98.8 Å². The first-order valence-electron chi connectivity index (χ1n) is 5.22. The number of carbonyl (C=O) groups excluding carboxylic acids is 1. The van der Waals surface area contributed by atoms with E-state index in [1.165, 1.54) is 0 Å². The summed E-state index contributed by atoms with van der Waals surface area (Å²) in [6.45, 7) is 3.69. The molecule has 2 aromatic rings. The van der Waals surface area contributed by atoms with Crippen LogP contribution in [0.3, 0.4) is 0 Å². The molecule has 1 aromatic heterocycles. The molecule has 0 saturated heterocycles. The van der Waals surface area contributed by atoms with Gasteiger partial charge in [0.2, 0.25) is 0 Å². The molecule has 2 rings (SSSR count). The van der Waals surface area contributed by atoms with E-state index in [0.717, 1.165) is 11.3 Å². The van der Waals surface area contributed by atoms with Crippen LogP contribution in [0, 0.1) is 13.8 Å². The molecule has 0 unspecified atom stereocenters. The highest BCUT2D eigenvalue weighted by Gasteiger charge is 2.06. The topological polar surface area (TPSA) is 67.2 Å². The number of urea groups is 1. The lowest BCUT2D eigenvalue weighted by Gasteiger charge is -2.07. The van der Waals surface area contributed by atoms with Gasteiger partial charge in [-0.1, -0.05) is 23.4 Å². The summed E-state index contributed by atoms with van der Waals surface area (Å²) in [6, 6.07) is 8.85. The fourth-order valence-corrected chi connectivity index (χ4v) is 1.41. The third-order valence-corrected chi connectivity index (χ3v) is 2.26. The van der Waals surface area contributed by atoms with Gasteiger partial charge in [-0.2, -0.15) is 0 Å². The zero-order chi connectivity index (χ0) is 12.3. The second-order valence-corrected chi connectivity index (χ2v) is 3.72. The number of aryl methyl sites for hydroxylation is 2. The van der Waals surface area contributed by atoms with E-state index in [-0.39, 0.29) is 6.03 Å². The molecule has 1 aromatic carbocycles. The van der Waals surface area contributed by atoms with E-state index in [1.54, 1.807) is 13.0 Å². The maximum absolute atomic E-state index is 11.6. The minimum atomic E-state index is -0.340. The van der Waals surface area contributed by atoms with Crippen molar-refractivity contribution in [2.45, 2.75) is 13.8 Å². The summed E-state index contributed by atoms with van der Waals surface area (Å²) in [5.41, 5.74) is 1.77. The normalized spacial score (nSPS) is 10.0. The van der Waals surface area contributed by atoms with Crippen LogP contribution in [0.15, 0.2) is 34.9 Å². The van der Waals surface area contributed by atoms with E-state index < -0.39 is 0 Å². The molecule has 0 bridgehead atoms. The predicted octanol–water partition coefficient (Wildman–Crippen LogP) is 2.94. The van der Waals surface area contributed by atoms with E-state index in [4.69, 9.17) is 4.52 Å². The highest BCUT2D eigenvalue weighted by Crippen LogP contribution is 2.14. The number of hydrogen-bond acceptors (Lipinski definition) is 3. The molecule has 0 aliphatic rings. The molecule has 17 heavy (non-hydrogen) atoms. The zero-order valence-corrected chi connectivity index (χ0v) is 9.65. The number of rotatable bonds is 2. The highest BCUT2D eigenvalue weighted by atomic mass is 16.5. The van der Waals surface area contributed by atoms with Crippen LogP contribution in [-0.2, 0) is 0 Å². The number of hydrogen-bond donors (Lipinski definition) is 2. The smallest absolute Gasteiger partial charge is 0.324 e. The molecule has 0 aliphatic heterocycles. The lowest BCUT2D eigenvalue weighted by atomic mass is 10.2. The first-order valence-corrected chi connectivity index (χ1v) is 5.22. The number of para-hydroxylation sites is 1. The molecular formula is C12H13N3O2. The molecule has 5 nitrogen and oxygen atoms in total. The van der Waals surface area contributed by atoms with Crippen molar-refractivity contribution in [3.8, 4) is 0 Å². The minimum Gasteiger partial charge on any atom is -0.360 e. The van der Waals surface area contributed by atoms with E-state index in [0.29, 0.717) is 11.6 Å². The van der Waals surface area contributed by atoms with E-state index in [1.807, 2.05) is 31.2 Å². The number of nitrogens with zero attached hydrogens (tertiary/aromatic N) is 1. The number of aromatic nitrogens is 1. The van der Waals surface area contributed by atoms with Gasteiger partial charge < -0.3 is 9.84 Å². The molecular weight excluding hydrogens is 218 g/mol. The summed E-state index contributed by atoms with van der Waals surface area (Å²) in [5.74, 6) is 1.05. The second kappa shape index (κ2) is 4.69. The number of carbonyl (C=O) groups is 1. The number of nitrogens with one attached hydrogen (secondary N) is 2. The molecule has 0 aliphatic carbocycles. The van der Waals surface area contributed by atoms with Crippen LogP contribution in [0.2, 0.25) is 0 Å². The van der Waals surface area contributed by atoms with Crippen LogP contribution in [0.5, 0.6) is 0 Å². The minimum absolute atomic E-state index is 0.340. The van der Waals surface area contributed by atoms with Crippen LogP contribution < -0.4 is 10.6 Å². The largest absolute Gasteiger partial charge is 0.360 e. The number of benzene rings is 1. The van der Waals surface area contributed by atoms with Gasteiger partial charge in [-0.25, -0.2) is 4.79 Å². The second-order valence-electron chi connectivity index (χ2n) is 3.72. The molecule has 0 radical (unpaired) electrons.